The Morgan fingerprint density at radius 3 is 2.69 bits per heavy atom. The molecule has 0 N–H and O–H groups in total. The van der Waals surface area contributed by atoms with E-state index in [1.807, 2.05) is 24.4 Å². The zero-order valence-corrected chi connectivity index (χ0v) is 15.6. The number of pyridine rings is 1. The van der Waals surface area contributed by atoms with Crippen molar-refractivity contribution in [3.8, 4) is 0 Å². The summed E-state index contributed by atoms with van der Waals surface area (Å²) in [6.45, 7) is 6.66. The van der Waals surface area contributed by atoms with Gasteiger partial charge in [0.1, 0.15) is 0 Å². The first kappa shape index (κ1) is 17.7. The van der Waals surface area contributed by atoms with E-state index in [4.69, 9.17) is 9.47 Å². The van der Waals surface area contributed by atoms with Gasteiger partial charge in [0.15, 0.2) is 0 Å². The molecule has 4 heteroatoms. The Labute approximate surface area is 156 Å². The molecule has 1 spiro atoms. The summed E-state index contributed by atoms with van der Waals surface area (Å²) in [6, 6.07) is 14.8. The Hall–Kier alpha value is -1.75. The molecule has 0 radical (unpaired) electrons. The van der Waals surface area contributed by atoms with Crippen molar-refractivity contribution in [1.82, 2.24) is 9.88 Å². The van der Waals surface area contributed by atoms with Crippen molar-refractivity contribution in [3.63, 3.8) is 0 Å². The van der Waals surface area contributed by atoms with Crippen LogP contribution in [0.15, 0.2) is 48.7 Å². The van der Waals surface area contributed by atoms with Crippen LogP contribution in [0.5, 0.6) is 0 Å². The molecular formula is C22H28N2O2. The second-order valence-corrected chi connectivity index (χ2v) is 7.71. The first-order valence-corrected chi connectivity index (χ1v) is 9.64. The highest BCUT2D eigenvalue weighted by Gasteiger charge is 2.43. The lowest BCUT2D eigenvalue weighted by Gasteiger charge is -2.38. The average Bonchev–Trinajstić information content (AvgIpc) is 3.08. The lowest BCUT2D eigenvalue weighted by Crippen LogP contribution is -2.43. The Bertz CT molecular complexity index is 694. The second-order valence-electron chi connectivity index (χ2n) is 7.71. The predicted molar refractivity (Wildman–Crippen MR) is 102 cm³/mol. The first-order chi connectivity index (χ1) is 12.7. The molecule has 4 rings (SSSR count). The van der Waals surface area contributed by atoms with Crippen LogP contribution in [0, 0.1) is 6.92 Å². The van der Waals surface area contributed by atoms with Crippen LogP contribution in [0.1, 0.15) is 36.1 Å². The van der Waals surface area contributed by atoms with Gasteiger partial charge in [-0.1, -0.05) is 35.9 Å². The molecule has 2 fully saturated rings. The number of likely N-dealkylation sites (tertiary alicyclic amines) is 1. The fraction of sp³-hybridized carbons (Fsp3) is 0.500. The molecule has 2 aliphatic heterocycles. The molecule has 0 amide bonds. The van der Waals surface area contributed by atoms with E-state index in [9.17, 15) is 0 Å². The third kappa shape index (κ3) is 4.32. The Morgan fingerprint density at radius 2 is 1.96 bits per heavy atom. The molecule has 2 aliphatic rings. The summed E-state index contributed by atoms with van der Waals surface area (Å²) in [4.78, 5) is 6.87. The number of hydrogen-bond donors (Lipinski definition) is 0. The molecule has 2 saturated heterocycles. The smallest absolute Gasteiger partial charge is 0.0892 e. The van der Waals surface area contributed by atoms with E-state index in [1.165, 1.54) is 11.1 Å². The summed E-state index contributed by atoms with van der Waals surface area (Å²) >= 11 is 0. The highest BCUT2D eigenvalue weighted by atomic mass is 16.6. The van der Waals surface area contributed by atoms with Crippen LogP contribution in [0.25, 0.3) is 0 Å². The van der Waals surface area contributed by atoms with Crippen LogP contribution in [-0.4, -0.2) is 41.3 Å². The molecule has 3 heterocycles. The van der Waals surface area contributed by atoms with Gasteiger partial charge in [0.25, 0.3) is 0 Å². The van der Waals surface area contributed by atoms with E-state index < -0.39 is 0 Å². The van der Waals surface area contributed by atoms with Gasteiger partial charge in [0.05, 0.1) is 30.6 Å². The minimum absolute atomic E-state index is 0.0263. The third-order valence-electron chi connectivity index (χ3n) is 5.66. The standard InChI is InChI=1S/C22H28N2O2/c1-18-5-7-19(8-6-18)15-24-12-9-22(10-13-24)14-21(17-26-22)25-16-20-4-2-3-11-23-20/h2-8,11,21H,9-10,12-17H2,1H3/t21-/m0/s1. The lowest BCUT2D eigenvalue weighted by molar-refractivity contribution is -0.0468. The van der Waals surface area contributed by atoms with Crippen molar-refractivity contribution in [2.24, 2.45) is 0 Å². The summed E-state index contributed by atoms with van der Waals surface area (Å²) < 4.78 is 12.3. The fourth-order valence-corrected chi connectivity index (χ4v) is 4.02. The van der Waals surface area contributed by atoms with Crippen molar-refractivity contribution in [3.05, 3.63) is 65.5 Å². The van der Waals surface area contributed by atoms with Crippen molar-refractivity contribution in [1.29, 1.82) is 0 Å². The fourth-order valence-electron chi connectivity index (χ4n) is 4.02. The third-order valence-corrected chi connectivity index (χ3v) is 5.66. The molecule has 0 bridgehead atoms. The quantitative estimate of drug-likeness (QED) is 0.821. The zero-order valence-electron chi connectivity index (χ0n) is 15.6. The summed E-state index contributed by atoms with van der Waals surface area (Å²) in [5, 5.41) is 0. The number of piperidine rings is 1. The molecule has 4 nitrogen and oxygen atoms in total. The van der Waals surface area contributed by atoms with E-state index in [-0.39, 0.29) is 11.7 Å². The largest absolute Gasteiger partial charge is 0.372 e. The van der Waals surface area contributed by atoms with Gasteiger partial charge < -0.3 is 9.47 Å². The van der Waals surface area contributed by atoms with Crippen LogP contribution >= 0.6 is 0 Å². The van der Waals surface area contributed by atoms with Gasteiger partial charge in [0, 0.05) is 32.3 Å². The van der Waals surface area contributed by atoms with E-state index >= 15 is 0 Å². The highest BCUT2D eigenvalue weighted by Crippen LogP contribution is 2.37. The Kier molecular flexibility index (Phi) is 5.34. The van der Waals surface area contributed by atoms with Crippen molar-refractivity contribution >= 4 is 0 Å². The van der Waals surface area contributed by atoms with Crippen LogP contribution < -0.4 is 0 Å². The monoisotopic (exact) mass is 352 g/mol. The van der Waals surface area contributed by atoms with E-state index in [0.717, 1.165) is 44.6 Å². The van der Waals surface area contributed by atoms with Crippen LogP contribution in [0.4, 0.5) is 0 Å². The van der Waals surface area contributed by atoms with Crippen LogP contribution in [0.2, 0.25) is 0 Å². The van der Waals surface area contributed by atoms with Crippen molar-refractivity contribution in [2.45, 2.75) is 51.0 Å². The summed E-state index contributed by atoms with van der Waals surface area (Å²) in [5.74, 6) is 0. The normalized spacial score (nSPS) is 22.7. The van der Waals surface area contributed by atoms with Gasteiger partial charge in [-0.25, -0.2) is 0 Å². The molecule has 2 aromatic rings. The van der Waals surface area contributed by atoms with E-state index in [2.05, 4.69) is 41.1 Å². The first-order valence-electron chi connectivity index (χ1n) is 9.64. The predicted octanol–water partition coefficient (Wildman–Crippen LogP) is 3.73. The molecular weight excluding hydrogens is 324 g/mol. The van der Waals surface area contributed by atoms with Gasteiger partial charge in [-0.2, -0.15) is 0 Å². The summed E-state index contributed by atoms with van der Waals surface area (Å²) in [6.07, 6.45) is 5.22. The number of nitrogens with zero attached hydrogens (tertiary/aromatic N) is 2. The Morgan fingerprint density at radius 1 is 1.15 bits per heavy atom. The molecule has 0 saturated carbocycles. The van der Waals surface area contributed by atoms with Gasteiger partial charge in [-0.3, -0.25) is 9.88 Å². The number of benzene rings is 1. The zero-order chi connectivity index (χ0) is 17.8. The number of rotatable bonds is 5. The molecule has 1 aromatic carbocycles. The average molecular weight is 352 g/mol. The van der Waals surface area contributed by atoms with Crippen molar-refractivity contribution in [2.75, 3.05) is 19.7 Å². The highest BCUT2D eigenvalue weighted by molar-refractivity contribution is 5.21. The molecule has 26 heavy (non-hydrogen) atoms. The second kappa shape index (κ2) is 7.87. The number of hydrogen-bond acceptors (Lipinski definition) is 4. The summed E-state index contributed by atoms with van der Waals surface area (Å²) in [7, 11) is 0. The maximum atomic E-state index is 6.22. The van der Waals surface area contributed by atoms with Gasteiger partial charge >= 0.3 is 0 Å². The van der Waals surface area contributed by atoms with Gasteiger partial charge in [-0.15, -0.1) is 0 Å². The molecule has 1 atom stereocenters. The number of aryl methyl sites for hydroxylation is 1. The minimum atomic E-state index is 0.0263. The molecule has 0 aliphatic carbocycles. The van der Waals surface area contributed by atoms with Gasteiger partial charge in [0.2, 0.25) is 0 Å². The van der Waals surface area contributed by atoms with E-state index in [1.54, 1.807) is 0 Å². The van der Waals surface area contributed by atoms with Gasteiger partial charge in [-0.05, 0) is 37.5 Å². The Balaban J connectivity index is 1.24. The number of aromatic nitrogens is 1. The lowest BCUT2D eigenvalue weighted by atomic mass is 9.88. The molecule has 0 unspecified atom stereocenters. The van der Waals surface area contributed by atoms with Crippen LogP contribution in [0.3, 0.4) is 0 Å². The molecule has 1 aromatic heterocycles. The topological polar surface area (TPSA) is 34.6 Å². The summed E-state index contributed by atoms with van der Waals surface area (Å²) in [5.41, 5.74) is 3.73. The van der Waals surface area contributed by atoms with Crippen LogP contribution in [-0.2, 0) is 22.6 Å². The minimum Gasteiger partial charge on any atom is -0.372 e. The van der Waals surface area contributed by atoms with E-state index in [0.29, 0.717) is 13.2 Å². The van der Waals surface area contributed by atoms with Crippen molar-refractivity contribution < 1.29 is 9.47 Å². The SMILES string of the molecule is Cc1ccc(CN2CCC3(CC2)C[C@H](OCc2ccccn2)CO3)cc1. The molecule has 138 valence electrons. The maximum absolute atomic E-state index is 6.22. The maximum Gasteiger partial charge on any atom is 0.0892 e. The number of ether oxygens (including phenoxy) is 2.